The molecular formula is C23H21N5O3. The Bertz CT molecular complexity index is 1220. The molecule has 156 valence electrons. The molecule has 2 aromatic heterocycles. The van der Waals surface area contributed by atoms with Gasteiger partial charge in [0.25, 0.3) is 5.91 Å². The molecule has 1 aromatic carbocycles. The lowest BCUT2D eigenvalue weighted by Gasteiger charge is -2.29. The summed E-state index contributed by atoms with van der Waals surface area (Å²) in [5.41, 5.74) is 5.37. The number of hydrogen-bond acceptors (Lipinski definition) is 5. The molecule has 8 heteroatoms. The predicted molar refractivity (Wildman–Crippen MR) is 112 cm³/mol. The quantitative estimate of drug-likeness (QED) is 0.658. The number of aryl methyl sites for hydroxylation is 1. The number of carbonyl (C=O) groups is 3. The van der Waals surface area contributed by atoms with E-state index >= 15 is 0 Å². The number of aromatic nitrogens is 3. The molecule has 0 bridgehead atoms. The van der Waals surface area contributed by atoms with Crippen molar-refractivity contribution in [3.05, 3.63) is 71.2 Å². The minimum Gasteiger partial charge on any atom is -0.322 e. The highest BCUT2D eigenvalue weighted by Crippen LogP contribution is 2.30. The van der Waals surface area contributed by atoms with Gasteiger partial charge < -0.3 is 4.90 Å². The average Bonchev–Trinajstić information content (AvgIpc) is 3.30. The monoisotopic (exact) mass is 415 g/mol. The topological polar surface area (TPSA) is 97.2 Å². The maximum absolute atomic E-state index is 12.9. The lowest BCUT2D eigenvalue weighted by molar-refractivity contribution is -0.136. The smallest absolute Gasteiger partial charge is 0.255 e. The summed E-state index contributed by atoms with van der Waals surface area (Å²) in [5, 5.41) is 6.66. The molecule has 0 aliphatic carbocycles. The van der Waals surface area contributed by atoms with Crippen LogP contribution in [0, 0.1) is 6.92 Å². The van der Waals surface area contributed by atoms with Crippen molar-refractivity contribution in [1.29, 1.82) is 0 Å². The zero-order valence-corrected chi connectivity index (χ0v) is 17.0. The number of piperidine rings is 1. The molecule has 5 rings (SSSR count). The van der Waals surface area contributed by atoms with E-state index in [1.807, 2.05) is 48.3 Å². The van der Waals surface area contributed by atoms with Crippen LogP contribution in [0.5, 0.6) is 0 Å². The van der Waals surface area contributed by atoms with Crippen molar-refractivity contribution < 1.29 is 14.4 Å². The van der Waals surface area contributed by atoms with Crippen LogP contribution in [-0.2, 0) is 22.7 Å². The highest BCUT2D eigenvalue weighted by Gasteiger charge is 2.39. The summed E-state index contributed by atoms with van der Waals surface area (Å²) in [5.74, 6) is -0.864. The first-order valence-electron chi connectivity index (χ1n) is 10.2. The molecule has 1 fully saturated rings. The molecule has 1 N–H and O–H groups in total. The van der Waals surface area contributed by atoms with Crippen LogP contribution in [0.4, 0.5) is 0 Å². The molecule has 31 heavy (non-hydrogen) atoms. The van der Waals surface area contributed by atoms with Crippen LogP contribution in [0.1, 0.15) is 39.9 Å². The summed E-state index contributed by atoms with van der Waals surface area (Å²) in [7, 11) is 0. The second-order valence-electron chi connectivity index (χ2n) is 8.04. The number of benzene rings is 1. The number of fused-ring (bicyclic) bond motifs is 1. The number of nitrogens with one attached hydrogen (secondary N) is 1. The van der Waals surface area contributed by atoms with Crippen LogP contribution in [0.3, 0.4) is 0 Å². The molecule has 0 spiro atoms. The van der Waals surface area contributed by atoms with Gasteiger partial charge in [0.1, 0.15) is 6.04 Å². The molecule has 1 saturated heterocycles. The summed E-state index contributed by atoms with van der Waals surface area (Å²) in [4.78, 5) is 42.6. The maximum atomic E-state index is 12.9. The number of hydrogen-bond donors (Lipinski definition) is 1. The zero-order chi connectivity index (χ0) is 21.5. The Labute approximate surface area is 178 Å². The van der Waals surface area contributed by atoms with Gasteiger partial charge in [-0.1, -0.05) is 6.07 Å². The molecule has 1 atom stereocenters. The summed E-state index contributed by atoms with van der Waals surface area (Å²) in [6, 6.07) is 9.01. The van der Waals surface area contributed by atoms with Crippen molar-refractivity contribution in [1.82, 2.24) is 25.0 Å². The molecule has 1 unspecified atom stereocenters. The van der Waals surface area contributed by atoms with Crippen molar-refractivity contribution in [2.24, 2.45) is 0 Å². The van der Waals surface area contributed by atoms with Crippen molar-refractivity contribution in [2.75, 3.05) is 0 Å². The zero-order valence-electron chi connectivity index (χ0n) is 17.0. The third-order valence-corrected chi connectivity index (χ3v) is 5.75. The van der Waals surface area contributed by atoms with Gasteiger partial charge in [-0.05, 0) is 54.3 Å². The number of carbonyl (C=O) groups excluding carboxylic acids is 3. The molecule has 4 heterocycles. The van der Waals surface area contributed by atoms with Gasteiger partial charge in [-0.2, -0.15) is 5.10 Å². The van der Waals surface area contributed by atoms with Gasteiger partial charge in [0.2, 0.25) is 11.8 Å². The Balaban J connectivity index is 1.38. The minimum absolute atomic E-state index is 0.174. The van der Waals surface area contributed by atoms with E-state index < -0.39 is 11.9 Å². The third kappa shape index (κ3) is 3.61. The SMILES string of the molecule is Cc1cnn(Cc2ccnc(-c3ccc4c(c3)CN(C3CCC(=O)NC3=O)C4=O)c2)c1. The Kier molecular flexibility index (Phi) is 4.62. The summed E-state index contributed by atoms with van der Waals surface area (Å²) >= 11 is 0. The fourth-order valence-corrected chi connectivity index (χ4v) is 4.20. The lowest BCUT2D eigenvalue weighted by Crippen LogP contribution is -2.52. The van der Waals surface area contributed by atoms with Crippen LogP contribution in [0.15, 0.2) is 48.9 Å². The van der Waals surface area contributed by atoms with Crippen LogP contribution in [0.2, 0.25) is 0 Å². The Morgan fingerprint density at radius 1 is 1.16 bits per heavy atom. The molecule has 2 aliphatic heterocycles. The average molecular weight is 415 g/mol. The first-order valence-corrected chi connectivity index (χ1v) is 10.2. The van der Waals surface area contributed by atoms with E-state index in [1.165, 1.54) is 0 Å². The van der Waals surface area contributed by atoms with Gasteiger partial charge in [-0.25, -0.2) is 0 Å². The summed E-state index contributed by atoms with van der Waals surface area (Å²) in [6.45, 7) is 3.00. The Morgan fingerprint density at radius 2 is 2.03 bits per heavy atom. The first-order chi connectivity index (χ1) is 15.0. The van der Waals surface area contributed by atoms with Crippen LogP contribution in [0.25, 0.3) is 11.3 Å². The minimum atomic E-state index is -0.611. The van der Waals surface area contributed by atoms with E-state index in [0.717, 1.165) is 27.9 Å². The highest BCUT2D eigenvalue weighted by atomic mass is 16.2. The molecule has 2 aliphatic rings. The number of nitrogens with zero attached hydrogens (tertiary/aromatic N) is 4. The second kappa shape index (κ2) is 7.46. The van der Waals surface area contributed by atoms with Crippen molar-refractivity contribution in [3.8, 4) is 11.3 Å². The predicted octanol–water partition coefficient (Wildman–Crippen LogP) is 2.06. The molecular weight excluding hydrogens is 394 g/mol. The summed E-state index contributed by atoms with van der Waals surface area (Å²) < 4.78 is 1.88. The number of pyridine rings is 1. The standard InChI is InChI=1S/C23H21N5O3/c1-14-10-25-27(11-14)12-15-6-7-24-19(8-15)16-2-3-18-17(9-16)13-28(23(18)31)20-4-5-21(29)26-22(20)30/h2-3,6-11,20H,4-5,12-13H2,1H3,(H,26,29,30). The van der Waals surface area contributed by atoms with Crippen molar-refractivity contribution >= 4 is 17.7 Å². The van der Waals surface area contributed by atoms with Gasteiger partial charge in [-0.3, -0.25) is 29.4 Å². The van der Waals surface area contributed by atoms with E-state index in [-0.39, 0.29) is 18.2 Å². The van der Waals surface area contributed by atoms with E-state index in [0.29, 0.717) is 25.1 Å². The van der Waals surface area contributed by atoms with Crippen molar-refractivity contribution in [3.63, 3.8) is 0 Å². The second-order valence-corrected chi connectivity index (χ2v) is 8.04. The fourth-order valence-electron chi connectivity index (χ4n) is 4.20. The van der Waals surface area contributed by atoms with E-state index in [2.05, 4.69) is 15.4 Å². The molecule has 3 aromatic rings. The van der Waals surface area contributed by atoms with Crippen LogP contribution < -0.4 is 5.32 Å². The van der Waals surface area contributed by atoms with Crippen LogP contribution >= 0.6 is 0 Å². The van der Waals surface area contributed by atoms with Crippen LogP contribution in [-0.4, -0.2) is 43.4 Å². The Hall–Kier alpha value is -3.81. The number of rotatable bonds is 4. The molecule has 0 saturated carbocycles. The van der Waals surface area contributed by atoms with Gasteiger partial charge in [-0.15, -0.1) is 0 Å². The van der Waals surface area contributed by atoms with Gasteiger partial charge in [0.05, 0.1) is 18.4 Å². The fraction of sp³-hybridized carbons (Fsp3) is 0.261. The number of imide groups is 1. The van der Waals surface area contributed by atoms with Gasteiger partial charge >= 0.3 is 0 Å². The molecule has 8 nitrogen and oxygen atoms in total. The Morgan fingerprint density at radius 3 is 2.81 bits per heavy atom. The molecule has 3 amide bonds. The number of amides is 3. The lowest BCUT2D eigenvalue weighted by atomic mass is 10.0. The largest absolute Gasteiger partial charge is 0.322 e. The van der Waals surface area contributed by atoms with E-state index in [4.69, 9.17) is 0 Å². The normalized spacial score (nSPS) is 18.3. The van der Waals surface area contributed by atoms with E-state index in [1.54, 1.807) is 17.2 Å². The first kappa shape index (κ1) is 19.2. The third-order valence-electron chi connectivity index (χ3n) is 5.75. The van der Waals surface area contributed by atoms with Gasteiger partial charge in [0.15, 0.2) is 0 Å². The maximum Gasteiger partial charge on any atom is 0.255 e. The molecule has 0 radical (unpaired) electrons. The summed E-state index contributed by atoms with van der Waals surface area (Å²) in [6.07, 6.45) is 6.19. The van der Waals surface area contributed by atoms with Crippen molar-refractivity contribution in [2.45, 2.75) is 38.9 Å². The van der Waals surface area contributed by atoms with Gasteiger partial charge in [0, 0.05) is 36.5 Å². The van der Waals surface area contributed by atoms with E-state index in [9.17, 15) is 14.4 Å². The highest BCUT2D eigenvalue weighted by molar-refractivity contribution is 6.05.